The van der Waals surface area contributed by atoms with E-state index in [-0.39, 0.29) is 24.4 Å². The summed E-state index contributed by atoms with van der Waals surface area (Å²) >= 11 is 7.79. The molecule has 0 aliphatic carbocycles. The molecular formula is C36H38ClN3O4S. The van der Waals surface area contributed by atoms with E-state index >= 15 is 0 Å². The predicted octanol–water partition coefficient (Wildman–Crippen LogP) is 6.49. The quantitative estimate of drug-likeness (QED) is 0.161. The van der Waals surface area contributed by atoms with E-state index in [0.29, 0.717) is 0 Å². The van der Waals surface area contributed by atoms with Gasteiger partial charge in [-0.1, -0.05) is 72.3 Å². The molecule has 0 unspecified atom stereocenters. The second-order valence-corrected chi connectivity index (χ2v) is 12.6. The summed E-state index contributed by atoms with van der Waals surface area (Å²) in [7, 11) is 1.30. The lowest BCUT2D eigenvalue weighted by Gasteiger charge is -2.31. The Morgan fingerprint density at radius 1 is 0.956 bits per heavy atom. The molecule has 7 nitrogen and oxygen atoms in total. The normalized spacial score (nSPS) is 17.6. The van der Waals surface area contributed by atoms with E-state index in [1.165, 1.54) is 12.0 Å². The predicted molar refractivity (Wildman–Crippen MR) is 179 cm³/mol. The van der Waals surface area contributed by atoms with E-state index < -0.39 is 18.1 Å². The first kappa shape index (κ1) is 32.7. The van der Waals surface area contributed by atoms with Gasteiger partial charge in [0.25, 0.3) is 0 Å². The number of hydrogen-bond acceptors (Lipinski definition) is 7. The van der Waals surface area contributed by atoms with Gasteiger partial charge in [-0.05, 0) is 65.4 Å². The zero-order valence-corrected chi connectivity index (χ0v) is 26.8. The number of aryl methyl sites for hydroxylation is 1. The third-order valence-corrected chi connectivity index (χ3v) is 9.33. The molecule has 0 radical (unpaired) electrons. The number of hydrogen-bond donors (Lipinski definition) is 2. The zero-order chi connectivity index (χ0) is 31.4. The van der Waals surface area contributed by atoms with Crippen LogP contribution in [0.25, 0.3) is 0 Å². The number of carbonyl (C=O) groups excluding carboxylic acids is 2. The van der Waals surface area contributed by atoms with Gasteiger partial charge >= 0.3 is 6.09 Å². The third-order valence-electron chi connectivity index (χ3n) is 7.94. The molecular weight excluding hydrogens is 606 g/mol. The molecule has 1 amide bonds. The molecule has 0 bridgehead atoms. The number of ketones is 1. The fourth-order valence-corrected chi connectivity index (χ4v) is 6.71. The highest BCUT2D eigenvalue weighted by Crippen LogP contribution is 2.30. The average molecular weight is 644 g/mol. The largest absolute Gasteiger partial charge is 0.453 e. The Labute approximate surface area is 274 Å². The van der Waals surface area contributed by atoms with Crippen molar-refractivity contribution < 1.29 is 19.1 Å². The first-order valence-corrected chi connectivity index (χ1v) is 16.5. The van der Waals surface area contributed by atoms with Gasteiger partial charge < -0.3 is 20.1 Å². The highest BCUT2D eigenvalue weighted by atomic mass is 35.5. The fourth-order valence-electron chi connectivity index (χ4n) is 5.68. The summed E-state index contributed by atoms with van der Waals surface area (Å²) < 4.78 is 11.4. The summed E-state index contributed by atoms with van der Waals surface area (Å²) in [6.45, 7) is 1.61. The van der Waals surface area contributed by atoms with Crippen molar-refractivity contribution in [1.29, 1.82) is 0 Å². The number of amides is 1. The SMILES string of the molecule is COC(=O)N[C@H](C(=O)Cc1ccccc1CC[C@@H]1CNC[C@@H](CSc2ccc(Cl)cc2)O1)[C@@H](c1ccccc1)c1cccnc1. The van der Waals surface area contributed by atoms with Crippen LogP contribution in [0.4, 0.5) is 4.79 Å². The van der Waals surface area contributed by atoms with Crippen LogP contribution < -0.4 is 10.6 Å². The maximum atomic E-state index is 14.1. The number of aromatic nitrogens is 1. The molecule has 4 atom stereocenters. The van der Waals surface area contributed by atoms with Crippen molar-refractivity contribution in [2.75, 3.05) is 26.0 Å². The van der Waals surface area contributed by atoms with E-state index in [1.54, 1.807) is 24.2 Å². The van der Waals surface area contributed by atoms with Crippen molar-refractivity contribution in [1.82, 2.24) is 15.6 Å². The van der Waals surface area contributed by atoms with E-state index in [0.717, 1.165) is 59.0 Å². The highest BCUT2D eigenvalue weighted by molar-refractivity contribution is 7.99. The lowest BCUT2D eigenvalue weighted by Crippen LogP contribution is -2.46. The first-order chi connectivity index (χ1) is 22.0. The number of alkyl carbamates (subject to hydrolysis) is 1. The van der Waals surface area contributed by atoms with Crippen LogP contribution in [0.3, 0.4) is 0 Å². The van der Waals surface area contributed by atoms with E-state index in [9.17, 15) is 9.59 Å². The number of pyridine rings is 1. The van der Waals surface area contributed by atoms with Gasteiger partial charge in [0, 0.05) is 53.5 Å². The molecule has 1 aliphatic heterocycles. The summed E-state index contributed by atoms with van der Waals surface area (Å²) in [5, 5.41) is 7.10. The van der Waals surface area contributed by atoms with Gasteiger partial charge in [0.1, 0.15) is 6.04 Å². The Morgan fingerprint density at radius 2 is 1.67 bits per heavy atom. The Balaban J connectivity index is 1.27. The minimum Gasteiger partial charge on any atom is -0.453 e. The van der Waals surface area contributed by atoms with Crippen LogP contribution in [0.1, 0.15) is 34.6 Å². The summed E-state index contributed by atoms with van der Waals surface area (Å²) in [6, 6.07) is 28.5. The molecule has 234 valence electrons. The molecule has 3 aromatic carbocycles. The van der Waals surface area contributed by atoms with E-state index in [1.807, 2.05) is 84.9 Å². The van der Waals surface area contributed by atoms with Crippen LogP contribution in [0, 0.1) is 0 Å². The van der Waals surface area contributed by atoms with Crippen molar-refractivity contribution in [2.45, 2.75) is 48.3 Å². The number of Topliss-reactive ketones (excluding diaryl/α,β-unsaturated/α-hetero) is 1. The van der Waals surface area contributed by atoms with Crippen LogP contribution in [0.15, 0.2) is 108 Å². The van der Waals surface area contributed by atoms with Crippen molar-refractivity contribution in [3.63, 3.8) is 0 Å². The number of thioether (sulfide) groups is 1. The van der Waals surface area contributed by atoms with Gasteiger partial charge in [0.2, 0.25) is 0 Å². The van der Waals surface area contributed by atoms with Crippen LogP contribution in [0.5, 0.6) is 0 Å². The standard InChI is InChI=1S/C36H38ClN3O4S/c1-43-36(42)40-35(34(26-9-3-2-4-10-26)28-12-7-19-38-21-28)33(41)20-27-11-6-5-8-25(27)13-16-30-22-39-23-31(44-30)24-45-32-17-14-29(37)15-18-32/h2-12,14-15,17-19,21,30-31,34-35,39H,13,16,20,22-24H2,1H3,(H,40,42)/t30-,31+,34+,35-/m1/s1. The highest BCUT2D eigenvalue weighted by Gasteiger charge is 2.33. The number of nitrogens with zero attached hydrogens (tertiary/aromatic N) is 1. The van der Waals surface area contributed by atoms with Crippen molar-refractivity contribution in [3.8, 4) is 0 Å². The van der Waals surface area contributed by atoms with Gasteiger partial charge in [-0.2, -0.15) is 0 Å². The monoisotopic (exact) mass is 643 g/mol. The number of benzene rings is 3. The third kappa shape index (κ3) is 9.41. The summed E-state index contributed by atoms with van der Waals surface area (Å²) in [6.07, 6.45) is 4.71. The molecule has 9 heteroatoms. The van der Waals surface area contributed by atoms with Gasteiger partial charge in [-0.3, -0.25) is 9.78 Å². The summed E-state index contributed by atoms with van der Waals surface area (Å²) in [5.74, 6) is 0.299. The Bertz CT molecular complexity index is 1490. The molecule has 1 saturated heterocycles. The first-order valence-electron chi connectivity index (χ1n) is 15.1. The van der Waals surface area contributed by atoms with Crippen molar-refractivity contribution in [2.24, 2.45) is 0 Å². The van der Waals surface area contributed by atoms with Gasteiger partial charge in [0.05, 0.1) is 19.3 Å². The minimum absolute atomic E-state index is 0.0695. The van der Waals surface area contributed by atoms with Gasteiger partial charge in [0.15, 0.2) is 5.78 Å². The van der Waals surface area contributed by atoms with E-state index in [2.05, 4.69) is 21.7 Å². The van der Waals surface area contributed by atoms with Crippen LogP contribution in [-0.4, -0.2) is 61.1 Å². The number of rotatable bonds is 13. The lowest BCUT2D eigenvalue weighted by molar-refractivity contribution is -0.120. The summed E-state index contributed by atoms with van der Waals surface area (Å²) in [5.41, 5.74) is 3.77. The molecule has 5 rings (SSSR count). The minimum atomic E-state index is -0.859. The average Bonchev–Trinajstić information content (AvgIpc) is 3.08. The lowest BCUT2D eigenvalue weighted by atomic mass is 9.82. The second-order valence-electron chi connectivity index (χ2n) is 11.0. The number of carbonyl (C=O) groups is 2. The van der Waals surface area contributed by atoms with Crippen LogP contribution in [-0.2, 0) is 27.1 Å². The molecule has 1 fully saturated rings. The summed E-state index contributed by atoms with van der Waals surface area (Å²) in [4.78, 5) is 32.1. The fraction of sp³-hybridized carbons (Fsp3) is 0.306. The Morgan fingerprint density at radius 3 is 2.40 bits per heavy atom. The molecule has 0 saturated carbocycles. The van der Waals surface area contributed by atoms with Crippen LogP contribution in [0.2, 0.25) is 5.02 Å². The molecule has 0 spiro atoms. The van der Waals surface area contributed by atoms with Gasteiger partial charge in [-0.15, -0.1) is 11.8 Å². The maximum Gasteiger partial charge on any atom is 0.407 e. The van der Waals surface area contributed by atoms with Crippen LogP contribution >= 0.6 is 23.4 Å². The Kier molecular flexibility index (Phi) is 12.0. The smallest absolute Gasteiger partial charge is 0.407 e. The molecule has 2 N–H and O–H groups in total. The molecule has 4 aromatic rings. The Hall–Kier alpha value is -3.69. The molecule has 1 aromatic heterocycles. The zero-order valence-electron chi connectivity index (χ0n) is 25.2. The van der Waals surface area contributed by atoms with Gasteiger partial charge in [-0.25, -0.2) is 4.79 Å². The molecule has 2 heterocycles. The number of halogens is 1. The number of ether oxygens (including phenoxy) is 2. The molecule has 1 aliphatic rings. The number of morpholine rings is 1. The number of methoxy groups -OCH3 is 1. The topological polar surface area (TPSA) is 89.5 Å². The van der Waals surface area contributed by atoms with Crippen molar-refractivity contribution >= 4 is 35.2 Å². The molecule has 45 heavy (non-hydrogen) atoms. The van der Waals surface area contributed by atoms with Crippen molar-refractivity contribution in [3.05, 3.63) is 131 Å². The maximum absolute atomic E-state index is 14.1. The van der Waals surface area contributed by atoms with E-state index in [4.69, 9.17) is 21.1 Å². The number of nitrogens with one attached hydrogen (secondary N) is 2. The second kappa shape index (κ2) is 16.6.